The molecule has 0 unspecified atom stereocenters. The summed E-state index contributed by atoms with van der Waals surface area (Å²) >= 11 is 0. The molecule has 0 bridgehead atoms. The van der Waals surface area contributed by atoms with Crippen molar-refractivity contribution < 1.29 is 21.6 Å². The number of hydrogen-bond acceptors (Lipinski definition) is 5. The summed E-state index contributed by atoms with van der Waals surface area (Å²) in [4.78, 5) is 12.6. The predicted molar refractivity (Wildman–Crippen MR) is 102 cm³/mol. The zero-order valence-electron chi connectivity index (χ0n) is 15.3. The highest BCUT2D eigenvalue weighted by Gasteiger charge is 2.29. The van der Waals surface area contributed by atoms with Gasteiger partial charge in [-0.1, -0.05) is 0 Å². The number of amides is 1. The predicted octanol–water partition coefficient (Wildman–Crippen LogP) is 1.08. The van der Waals surface area contributed by atoms with Crippen molar-refractivity contribution in [3.63, 3.8) is 0 Å². The van der Waals surface area contributed by atoms with Crippen molar-refractivity contribution in [2.75, 3.05) is 37.8 Å². The van der Waals surface area contributed by atoms with Gasteiger partial charge in [0.25, 0.3) is 0 Å². The molecule has 10 heteroatoms. The molecule has 0 aliphatic carbocycles. The average molecular weight is 416 g/mol. The Morgan fingerprint density at radius 2 is 1.48 bits per heavy atom. The maximum atomic E-state index is 12.5. The SMILES string of the molecule is CS(=O)(=O)N1CCC(C(=O)Nc2ccc(S(=O)(=O)N3CCCC3)cc2)CC1. The second kappa shape index (κ2) is 7.86. The highest BCUT2D eigenvalue weighted by molar-refractivity contribution is 7.89. The highest BCUT2D eigenvalue weighted by atomic mass is 32.2. The third-order valence-corrected chi connectivity index (χ3v) is 8.33. The van der Waals surface area contributed by atoms with E-state index in [2.05, 4.69) is 5.32 Å². The Kier molecular flexibility index (Phi) is 5.90. The van der Waals surface area contributed by atoms with Crippen LogP contribution in [0.2, 0.25) is 0 Å². The van der Waals surface area contributed by atoms with Gasteiger partial charge in [-0.25, -0.2) is 21.1 Å². The lowest BCUT2D eigenvalue weighted by Crippen LogP contribution is -2.40. The lowest BCUT2D eigenvalue weighted by Gasteiger charge is -2.29. The van der Waals surface area contributed by atoms with Crippen LogP contribution in [0.3, 0.4) is 0 Å². The van der Waals surface area contributed by atoms with Crippen molar-refractivity contribution >= 4 is 31.6 Å². The van der Waals surface area contributed by atoms with Gasteiger partial charge in [-0.15, -0.1) is 0 Å². The molecule has 2 saturated heterocycles. The van der Waals surface area contributed by atoms with Crippen LogP contribution in [0.5, 0.6) is 0 Å². The first kappa shape index (κ1) is 20.2. The summed E-state index contributed by atoms with van der Waals surface area (Å²) < 4.78 is 51.0. The maximum absolute atomic E-state index is 12.5. The molecule has 1 amide bonds. The summed E-state index contributed by atoms with van der Waals surface area (Å²) in [5, 5.41) is 2.80. The molecular weight excluding hydrogens is 390 g/mol. The molecule has 1 aromatic rings. The Labute approximate surface area is 160 Å². The number of benzene rings is 1. The second-order valence-electron chi connectivity index (χ2n) is 7.06. The normalized spacial score (nSPS) is 20.6. The van der Waals surface area contributed by atoms with Crippen LogP contribution in [-0.2, 0) is 24.8 Å². The summed E-state index contributed by atoms with van der Waals surface area (Å²) in [7, 11) is -6.69. The number of piperidine rings is 1. The molecule has 0 atom stereocenters. The highest BCUT2D eigenvalue weighted by Crippen LogP contribution is 2.24. The first-order chi connectivity index (χ1) is 12.7. The van der Waals surface area contributed by atoms with E-state index in [9.17, 15) is 21.6 Å². The zero-order valence-corrected chi connectivity index (χ0v) is 16.9. The van der Waals surface area contributed by atoms with E-state index in [1.807, 2.05) is 0 Å². The number of carbonyl (C=O) groups is 1. The van der Waals surface area contributed by atoms with Crippen LogP contribution >= 0.6 is 0 Å². The lowest BCUT2D eigenvalue weighted by atomic mass is 9.97. The van der Waals surface area contributed by atoms with Crippen molar-refractivity contribution in [1.82, 2.24) is 8.61 Å². The van der Waals surface area contributed by atoms with E-state index in [1.165, 1.54) is 27.0 Å². The first-order valence-corrected chi connectivity index (χ1v) is 12.3. The monoisotopic (exact) mass is 415 g/mol. The molecule has 1 N–H and O–H groups in total. The van der Waals surface area contributed by atoms with E-state index in [0.717, 1.165) is 12.8 Å². The molecule has 0 saturated carbocycles. The molecule has 2 heterocycles. The quantitative estimate of drug-likeness (QED) is 0.775. The van der Waals surface area contributed by atoms with Crippen LogP contribution in [0, 0.1) is 5.92 Å². The number of carbonyl (C=O) groups excluding carboxylic acids is 1. The minimum atomic E-state index is -3.47. The van der Waals surface area contributed by atoms with Gasteiger partial charge < -0.3 is 5.32 Å². The number of nitrogens with one attached hydrogen (secondary N) is 1. The summed E-state index contributed by atoms with van der Waals surface area (Å²) in [5.41, 5.74) is 0.533. The minimum absolute atomic E-state index is 0.168. The number of rotatable bonds is 5. The third-order valence-electron chi connectivity index (χ3n) is 5.12. The van der Waals surface area contributed by atoms with Crippen LogP contribution in [0.25, 0.3) is 0 Å². The van der Waals surface area contributed by atoms with Crippen molar-refractivity contribution in [3.05, 3.63) is 24.3 Å². The zero-order chi connectivity index (χ0) is 19.7. The molecule has 0 spiro atoms. The van der Waals surface area contributed by atoms with E-state index in [1.54, 1.807) is 12.1 Å². The summed E-state index contributed by atoms with van der Waals surface area (Å²) in [6, 6.07) is 6.20. The molecule has 8 nitrogen and oxygen atoms in total. The largest absolute Gasteiger partial charge is 0.326 e. The fraction of sp³-hybridized carbons (Fsp3) is 0.588. The van der Waals surface area contributed by atoms with Crippen LogP contribution in [-0.4, -0.2) is 63.8 Å². The molecule has 0 aromatic heterocycles. The first-order valence-electron chi connectivity index (χ1n) is 9.04. The molecule has 0 radical (unpaired) electrons. The van der Waals surface area contributed by atoms with Crippen molar-refractivity contribution in [2.45, 2.75) is 30.6 Å². The van der Waals surface area contributed by atoms with Crippen LogP contribution in [0.1, 0.15) is 25.7 Å². The van der Waals surface area contributed by atoms with E-state index >= 15 is 0 Å². The average Bonchev–Trinajstić information content (AvgIpc) is 3.17. The van der Waals surface area contributed by atoms with Gasteiger partial charge in [0.1, 0.15) is 0 Å². The number of hydrogen-bond donors (Lipinski definition) is 1. The van der Waals surface area contributed by atoms with E-state index in [-0.39, 0.29) is 16.7 Å². The molecule has 2 fully saturated rings. The van der Waals surface area contributed by atoms with E-state index < -0.39 is 20.0 Å². The van der Waals surface area contributed by atoms with Gasteiger partial charge in [-0.2, -0.15) is 4.31 Å². The number of sulfonamides is 2. The Morgan fingerprint density at radius 3 is 2.00 bits per heavy atom. The minimum Gasteiger partial charge on any atom is -0.326 e. The second-order valence-corrected chi connectivity index (χ2v) is 11.0. The van der Waals surface area contributed by atoms with Gasteiger partial charge in [0, 0.05) is 37.8 Å². The Hall–Kier alpha value is -1.49. The van der Waals surface area contributed by atoms with Crippen molar-refractivity contribution in [1.29, 1.82) is 0 Å². The van der Waals surface area contributed by atoms with Crippen molar-refractivity contribution in [2.24, 2.45) is 5.92 Å². The topological polar surface area (TPSA) is 104 Å². The Balaban J connectivity index is 1.59. The van der Waals surface area contributed by atoms with Crippen LogP contribution in [0.4, 0.5) is 5.69 Å². The van der Waals surface area contributed by atoms with Gasteiger partial charge >= 0.3 is 0 Å². The summed E-state index contributed by atoms with van der Waals surface area (Å²) in [5.74, 6) is -0.422. The fourth-order valence-corrected chi connectivity index (χ4v) is 5.87. The van der Waals surface area contributed by atoms with Crippen LogP contribution in [0.15, 0.2) is 29.2 Å². The molecule has 3 rings (SSSR count). The Morgan fingerprint density at radius 1 is 0.926 bits per heavy atom. The van der Waals surface area contributed by atoms with Gasteiger partial charge in [0.15, 0.2) is 0 Å². The van der Waals surface area contributed by atoms with Crippen LogP contribution < -0.4 is 5.32 Å². The molecule has 2 aliphatic rings. The van der Waals surface area contributed by atoms with Gasteiger partial charge in [0.2, 0.25) is 26.0 Å². The maximum Gasteiger partial charge on any atom is 0.243 e. The van der Waals surface area contributed by atoms with Gasteiger partial charge in [-0.05, 0) is 49.9 Å². The summed E-state index contributed by atoms with van der Waals surface area (Å²) in [6.07, 6.45) is 3.88. The third kappa shape index (κ3) is 4.68. The Bertz CT molecular complexity index is 883. The molecule has 1 aromatic carbocycles. The van der Waals surface area contributed by atoms with Crippen molar-refractivity contribution in [3.8, 4) is 0 Å². The lowest BCUT2D eigenvalue weighted by molar-refractivity contribution is -0.120. The summed E-state index contributed by atoms with van der Waals surface area (Å²) in [6.45, 7) is 1.77. The molecule has 27 heavy (non-hydrogen) atoms. The number of anilines is 1. The van der Waals surface area contributed by atoms with Gasteiger partial charge in [-0.3, -0.25) is 4.79 Å². The molecular formula is C17H25N3O5S2. The van der Waals surface area contributed by atoms with Gasteiger partial charge in [0.05, 0.1) is 11.2 Å². The molecule has 2 aliphatic heterocycles. The number of nitrogens with zero attached hydrogens (tertiary/aromatic N) is 2. The molecule has 150 valence electrons. The fourth-order valence-electron chi connectivity index (χ4n) is 3.48. The standard InChI is InChI=1S/C17H25N3O5S2/c1-26(22,23)19-12-8-14(9-13-19)17(21)18-15-4-6-16(7-5-15)27(24,25)20-10-2-3-11-20/h4-7,14H,2-3,8-13H2,1H3,(H,18,21). The van der Waals surface area contributed by atoms with E-state index in [4.69, 9.17) is 0 Å². The van der Waals surface area contributed by atoms with E-state index in [0.29, 0.717) is 44.7 Å². The smallest absolute Gasteiger partial charge is 0.243 e.